The molecule has 1 aromatic heterocycles. The summed E-state index contributed by atoms with van der Waals surface area (Å²) in [4.78, 5) is 2.31. The molecule has 6 nitrogen and oxygen atoms in total. The van der Waals surface area contributed by atoms with Crippen LogP contribution in [-0.2, 0) is 6.54 Å². The molecule has 1 aromatic carbocycles. The summed E-state index contributed by atoms with van der Waals surface area (Å²) in [5.74, 6) is 2.25. The molecular weight excluding hydrogens is 304 g/mol. The number of hydrogen-bond acceptors (Lipinski definition) is 5. The summed E-state index contributed by atoms with van der Waals surface area (Å²) < 4.78 is 7.76. The molecule has 0 radical (unpaired) electrons. The minimum atomic E-state index is -0.493. The number of benzene rings is 1. The van der Waals surface area contributed by atoms with Gasteiger partial charge in [0.25, 0.3) is 0 Å². The molecule has 1 N–H and O–H groups in total. The Morgan fingerprint density at radius 3 is 2.96 bits per heavy atom. The van der Waals surface area contributed by atoms with E-state index in [1.54, 1.807) is 6.33 Å². The van der Waals surface area contributed by atoms with Crippen molar-refractivity contribution in [3.05, 3.63) is 42.5 Å². The van der Waals surface area contributed by atoms with Gasteiger partial charge in [-0.3, -0.25) is 4.90 Å². The summed E-state index contributed by atoms with van der Waals surface area (Å²) in [6.07, 6.45) is 3.56. The number of nitrogens with zero attached hydrogens (tertiary/aromatic N) is 4. The molecule has 2 unspecified atom stereocenters. The van der Waals surface area contributed by atoms with Gasteiger partial charge in [-0.05, 0) is 38.4 Å². The van der Waals surface area contributed by atoms with Crippen molar-refractivity contribution in [2.24, 2.45) is 0 Å². The van der Waals surface area contributed by atoms with Crippen molar-refractivity contribution >= 4 is 0 Å². The molecule has 24 heavy (non-hydrogen) atoms. The van der Waals surface area contributed by atoms with E-state index in [1.165, 1.54) is 0 Å². The molecular formula is C18H26N4O2. The maximum absolute atomic E-state index is 10.3. The first-order valence-corrected chi connectivity index (χ1v) is 8.72. The predicted molar refractivity (Wildman–Crippen MR) is 92.1 cm³/mol. The molecule has 0 spiro atoms. The zero-order chi connectivity index (χ0) is 16.8. The SMILES string of the molecule is CCn1cnnc1C1CCCN(CC(O)COc2ccccc2)C1. The molecule has 2 atom stereocenters. The van der Waals surface area contributed by atoms with Crippen molar-refractivity contribution in [2.75, 3.05) is 26.2 Å². The fraction of sp³-hybridized carbons (Fsp3) is 0.556. The maximum Gasteiger partial charge on any atom is 0.137 e. The number of hydrogen-bond donors (Lipinski definition) is 1. The molecule has 1 aliphatic heterocycles. The number of para-hydroxylation sites is 1. The number of aliphatic hydroxyl groups is 1. The van der Waals surface area contributed by atoms with Crippen LogP contribution in [0.25, 0.3) is 0 Å². The maximum atomic E-state index is 10.3. The van der Waals surface area contributed by atoms with Crippen LogP contribution in [-0.4, -0.2) is 57.1 Å². The fourth-order valence-electron chi connectivity index (χ4n) is 3.32. The van der Waals surface area contributed by atoms with E-state index < -0.39 is 6.10 Å². The number of likely N-dealkylation sites (tertiary alicyclic amines) is 1. The fourth-order valence-corrected chi connectivity index (χ4v) is 3.32. The Balaban J connectivity index is 1.50. The van der Waals surface area contributed by atoms with Crippen molar-refractivity contribution in [2.45, 2.75) is 38.3 Å². The molecule has 0 bridgehead atoms. The average molecular weight is 330 g/mol. The summed E-state index contributed by atoms with van der Waals surface area (Å²) in [7, 11) is 0. The summed E-state index contributed by atoms with van der Waals surface area (Å²) >= 11 is 0. The van der Waals surface area contributed by atoms with Gasteiger partial charge in [0.05, 0.1) is 0 Å². The van der Waals surface area contributed by atoms with Crippen LogP contribution in [0.5, 0.6) is 5.75 Å². The second-order valence-electron chi connectivity index (χ2n) is 6.35. The molecule has 2 heterocycles. The highest BCUT2D eigenvalue weighted by atomic mass is 16.5. The number of ether oxygens (including phenoxy) is 1. The van der Waals surface area contributed by atoms with E-state index in [0.717, 1.165) is 44.0 Å². The van der Waals surface area contributed by atoms with Gasteiger partial charge in [-0.1, -0.05) is 18.2 Å². The third-order valence-corrected chi connectivity index (χ3v) is 4.51. The third kappa shape index (κ3) is 4.33. The monoisotopic (exact) mass is 330 g/mol. The Morgan fingerprint density at radius 1 is 1.33 bits per heavy atom. The van der Waals surface area contributed by atoms with Gasteiger partial charge in [0.1, 0.15) is 30.6 Å². The zero-order valence-corrected chi connectivity index (χ0v) is 14.2. The van der Waals surface area contributed by atoms with Gasteiger partial charge >= 0.3 is 0 Å². The first-order valence-electron chi connectivity index (χ1n) is 8.72. The summed E-state index contributed by atoms with van der Waals surface area (Å²) in [6, 6.07) is 9.62. The van der Waals surface area contributed by atoms with Gasteiger partial charge in [-0.15, -0.1) is 10.2 Å². The second-order valence-corrected chi connectivity index (χ2v) is 6.35. The lowest BCUT2D eigenvalue weighted by Crippen LogP contribution is -2.41. The Hall–Kier alpha value is -1.92. The number of aromatic nitrogens is 3. The molecule has 2 aromatic rings. The zero-order valence-electron chi connectivity index (χ0n) is 14.2. The Morgan fingerprint density at radius 2 is 2.17 bits per heavy atom. The van der Waals surface area contributed by atoms with E-state index in [0.29, 0.717) is 19.1 Å². The van der Waals surface area contributed by atoms with Crippen LogP contribution in [0.3, 0.4) is 0 Å². The number of rotatable bonds is 7. The normalized spacial score (nSPS) is 20.0. The molecule has 6 heteroatoms. The Labute approximate surface area is 143 Å². The van der Waals surface area contributed by atoms with Gasteiger partial charge < -0.3 is 14.4 Å². The number of β-amino-alcohol motifs (C(OH)–C–C–N with tert-alkyl or cyclic N) is 1. The standard InChI is InChI=1S/C18H26N4O2/c1-2-22-14-19-20-18(22)15-7-6-10-21(11-15)12-16(23)13-24-17-8-4-3-5-9-17/h3-5,8-9,14-16,23H,2,6-7,10-13H2,1H3. The smallest absolute Gasteiger partial charge is 0.137 e. The number of aryl methyl sites for hydroxylation is 1. The quantitative estimate of drug-likeness (QED) is 0.840. The van der Waals surface area contributed by atoms with Crippen molar-refractivity contribution in [1.82, 2.24) is 19.7 Å². The van der Waals surface area contributed by atoms with Crippen LogP contribution in [0.4, 0.5) is 0 Å². The molecule has 0 aliphatic carbocycles. The van der Waals surface area contributed by atoms with E-state index in [2.05, 4.69) is 26.6 Å². The molecule has 1 fully saturated rings. The molecule has 130 valence electrons. The molecule has 1 saturated heterocycles. The van der Waals surface area contributed by atoms with E-state index in [4.69, 9.17) is 4.74 Å². The van der Waals surface area contributed by atoms with Crippen molar-refractivity contribution < 1.29 is 9.84 Å². The van der Waals surface area contributed by atoms with Crippen LogP contribution in [0.2, 0.25) is 0 Å². The summed E-state index contributed by atoms with van der Waals surface area (Å²) in [5.41, 5.74) is 0. The molecule has 1 aliphatic rings. The Kier molecular flexibility index (Phi) is 5.82. The van der Waals surface area contributed by atoms with Crippen molar-refractivity contribution in [3.8, 4) is 5.75 Å². The first-order chi connectivity index (χ1) is 11.8. The highest BCUT2D eigenvalue weighted by molar-refractivity contribution is 5.20. The summed E-state index contributed by atoms with van der Waals surface area (Å²) in [5, 5.41) is 18.6. The Bertz CT molecular complexity index is 616. The molecule has 0 amide bonds. The van der Waals surface area contributed by atoms with Gasteiger partial charge in [0.2, 0.25) is 0 Å². The number of piperidine rings is 1. The lowest BCUT2D eigenvalue weighted by Gasteiger charge is -2.33. The molecule has 0 saturated carbocycles. The van der Waals surface area contributed by atoms with Gasteiger partial charge in [-0.25, -0.2) is 0 Å². The minimum absolute atomic E-state index is 0.316. The number of aliphatic hydroxyl groups excluding tert-OH is 1. The largest absolute Gasteiger partial charge is 0.491 e. The van der Waals surface area contributed by atoms with Gasteiger partial charge in [-0.2, -0.15) is 0 Å². The van der Waals surface area contributed by atoms with Gasteiger partial charge in [0.15, 0.2) is 0 Å². The summed E-state index contributed by atoms with van der Waals surface area (Å²) in [6.45, 7) is 5.88. The van der Waals surface area contributed by atoms with Crippen molar-refractivity contribution in [3.63, 3.8) is 0 Å². The van der Waals surface area contributed by atoms with Crippen LogP contribution in [0.15, 0.2) is 36.7 Å². The van der Waals surface area contributed by atoms with Gasteiger partial charge in [0, 0.05) is 25.6 Å². The third-order valence-electron chi connectivity index (χ3n) is 4.51. The van der Waals surface area contributed by atoms with E-state index in [9.17, 15) is 5.11 Å². The van der Waals surface area contributed by atoms with Crippen LogP contribution < -0.4 is 4.74 Å². The first kappa shape index (κ1) is 16.9. The van der Waals surface area contributed by atoms with Crippen molar-refractivity contribution in [1.29, 1.82) is 0 Å². The van der Waals surface area contributed by atoms with Crippen LogP contribution in [0, 0.1) is 0 Å². The molecule has 3 rings (SSSR count). The van der Waals surface area contributed by atoms with E-state index in [-0.39, 0.29) is 0 Å². The average Bonchev–Trinajstić information content (AvgIpc) is 3.10. The van der Waals surface area contributed by atoms with E-state index in [1.807, 2.05) is 30.3 Å². The van der Waals surface area contributed by atoms with E-state index >= 15 is 0 Å². The topological polar surface area (TPSA) is 63.4 Å². The highest BCUT2D eigenvalue weighted by Gasteiger charge is 2.26. The van der Waals surface area contributed by atoms with Crippen LogP contribution in [0.1, 0.15) is 31.5 Å². The highest BCUT2D eigenvalue weighted by Crippen LogP contribution is 2.25. The predicted octanol–water partition coefficient (Wildman–Crippen LogP) is 1.92. The lowest BCUT2D eigenvalue weighted by atomic mass is 9.97. The minimum Gasteiger partial charge on any atom is -0.491 e. The van der Waals surface area contributed by atoms with Crippen LogP contribution >= 0.6 is 0 Å². The second kappa shape index (κ2) is 8.26. The lowest BCUT2D eigenvalue weighted by molar-refractivity contribution is 0.0575.